The number of Topliss-reactive ketones (excluding diaryl/α,β-unsaturated/α-hetero) is 1. The van der Waals surface area contributed by atoms with Crippen LogP contribution in [0.5, 0.6) is 0 Å². The third kappa shape index (κ3) is 5.01. The van der Waals surface area contributed by atoms with Crippen LogP contribution in [-0.2, 0) is 4.79 Å². The molecule has 88 valence electrons. The van der Waals surface area contributed by atoms with Crippen LogP contribution >= 0.6 is 0 Å². The summed E-state index contributed by atoms with van der Waals surface area (Å²) in [5.74, 6) is 0.510. The molecule has 15 heavy (non-hydrogen) atoms. The maximum Gasteiger partial charge on any atom is 0.162 e. The highest BCUT2D eigenvalue weighted by Crippen LogP contribution is 2.25. The van der Waals surface area contributed by atoms with Gasteiger partial charge in [0.15, 0.2) is 5.78 Å². The van der Waals surface area contributed by atoms with Crippen LogP contribution < -0.4 is 0 Å². The minimum Gasteiger partial charge on any atom is -0.512 e. The third-order valence-electron chi connectivity index (χ3n) is 2.55. The van der Waals surface area contributed by atoms with E-state index in [2.05, 4.69) is 6.92 Å². The first kappa shape index (κ1) is 14.2. The van der Waals surface area contributed by atoms with Gasteiger partial charge in [-0.05, 0) is 12.8 Å². The molecule has 0 bridgehead atoms. The summed E-state index contributed by atoms with van der Waals surface area (Å²) in [6.07, 6.45) is 6.52. The average molecular weight is 212 g/mol. The van der Waals surface area contributed by atoms with Crippen LogP contribution in [0.3, 0.4) is 0 Å². The van der Waals surface area contributed by atoms with Gasteiger partial charge >= 0.3 is 0 Å². The number of carbonyl (C=O) groups is 1. The van der Waals surface area contributed by atoms with Crippen molar-refractivity contribution in [2.75, 3.05) is 0 Å². The van der Waals surface area contributed by atoms with Gasteiger partial charge in [0.2, 0.25) is 0 Å². The highest BCUT2D eigenvalue weighted by Gasteiger charge is 2.21. The Morgan fingerprint density at radius 3 is 2.27 bits per heavy atom. The van der Waals surface area contributed by atoms with E-state index in [1.165, 1.54) is 19.3 Å². The van der Waals surface area contributed by atoms with E-state index in [0.29, 0.717) is 24.2 Å². The number of allylic oxidation sites excluding steroid dienone is 2. The van der Waals surface area contributed by atoms with Gasteiger partial charge in [0.25, 0.3) is 0 Å². The first-order valence-corrected chi connectivity index (χ1v) is 6.20. The molecule has 1 N–H and O–H groups in total. The monoisotopic (exact) mass is 212 g/mol. The molecule has 0 atom stereocenters. The molecule has 1 rings (SSSR count). The summed E-state index contributed by atoms with van der Waals surface area (Å²) < 4.78 is 0. The molecule has 2 heteroatoms. The number of unbranched alkanes of at least 4 members (excludes halogenated alkanes) is 3. The number of ketones is 1. The van der Waals surface area contributed by atoms with E-state index in [1.807, 2.05) is 13.8 Å². The molecule has 1 aliphatic rings. The standard InChI is InChI=1S/C11H18O2.C2H6/c1-2-3-4-5-6-9-10(12)7-8-11(9)13;1-2/h12H,2-8H2,1H3;1-2H3. The number of aliphatic hydroxyl groups is 1. The van der Waals surface area contributed by atoms with E-state index in [4.69, 9.17) is 0 Å². The first-order valence-electron chi connectivity index (χ1n) is 6.20. The minimum absolute atomic E-state index is 0.161. The van der Waals surface area contributed by atoms with Crippen molar-refractivity contribution in [1.29, 1.82) is 0 Å². The van der Waals surface area contributed by atoms with E-state index >= 15 is 0 Å². The van der Waals surface area contributed by atoms with Crippen molar-refractivity contribution in [3.63, 3.8) is 0 Å². The summed E-state index contributed by atoms with van der Waals surface area (Å²) in [6.45, 7) is 6.16. The molecular formula is C13H24O2. The Morgan fingerprint density at radius 2 is 1.80 bits per heavy atom. The van der Waals surface area contributed by atoms with E-state index in [-0.39, 0.29) is 5.78 Å². The lowest BCUT2D eigenvalue weighted by Gasteiger charge is -2.00. The Hall–Kier alpha value is -0.790. The van der Waals surface area contributed by atoms with E-state index in [0.717, 1.165) is 12.8 Å². The van der Waals surface area contributed by atoms with Gasteiger partial charge in [-0.2, -0.15) is 0 Å². The van der Waals surface area contributed by atoms with Crippen molar-refractivity contribution in [2.45, 2.75) is 65.7 Å². The first-order chi connectivity index (χ1) is 7.25. The Balaban J connectivity index is 0.000000921. The average Bonchev–Trinajstić information content (AvgIpc) is 2.58. The smallest absolute Gasteiger partial charge is 0.162 e. The molecule has 0 amide bonds. The van der Waals surface area contributed by atoms with Crippen molar-refractivity contribution < 1.29 is 9.90 Å². The second-order valence-corrected chi connectivity index (χ2v) is 3.66. The quantitative estimate of drug-likeness (QED) is 0.695. The molecule has 0 saturated carbocycles. The summed E-state index contributed by atoms with van der Waals surface area (Å²) in [5.41, 5.74) is 0.705. The molecule has 0 fully saturated rings. The van der Waals surface area contributed by atoms with Crippen LogP contribution in [0, 0.1) is 0 Å². The van der Waals surface area contributed by atoms with Gasteiger partial charge in [0.05, 0.1) is 5.76 Å². The number of carbonyl (C=O) groups excluding carboxylic acids is 1. The Morgan fingerprint density at radius 1 is 1.13 bits per heavy atom. The van der Waals surface area contributed by atoms with Crippen molar-refractivity contribution >= 4 is 5.78 Å². The molecule has 0 aromatic rings. The highest BCUT2D eigenvalue weighted by atomic mass is 16.3. The van der Waals surface area contributed by atoms with Crippen LogP contribution in [0.4, 0.5) is 0 Å². The second kappa shape index (κ2) is 8.51. The normalized spacial score (nSPS) is 15.3. The van der Waals surface area contributed by atoms with Gasteiger partial charge in [-0.15, -0.1) is 0 Å². The number of rotatable bonds is 5. The van der Waals surface area contributed by atoms with Gasteiger partial charge in [-0.25, -0.2) is 0 Å². The summed E-state index contributed by atoms with van der Waals surface area (Å²) in [6, 6.07) is 0. The molecule has 0 aliphatic heterocycles. The number of hydrogen-bond donors (Lipinski definition) is 1. The van der Waals surface area contributed by atoms with E-state index < -0.39 is 0 Å². The second-order valence-electron chi connectivity index (χ2n) is 3.66. The molecule has 0 heterocycles. The van der Waals surface area contributed by atoms with Gasteiger partial charge < -0.3 is 5.11 Å². The van der Waals surface area contributed by atoms with Crippen LogP contribution in [0.25, 0.3) is 0 Å². The van der Waals surface area contributed by atoms with Gasteiger partial charge in [-0.3, -0.25) is 4.79 Å². The third-order valence-corrected chi connectivity index (χ3v) is 2.55. The maximum absolute atomic E-state index is 11.2. The van der Waals surface area contributed by atoms with E-state index in [9.17, 15) is 9.90 Å². The SMILES string of the molecule is CC.CCCCCCC1=C(O)CCC1=O. The molecule has 0 aromatic carbocycles. The lowest BCUT2D eigenvalue weighted by atomic mass is 10.1. The summed E-state index contributed by atoms with van der Waals surface area (Å²) in [7, 11) is 0. The Kier molecular flexibility index (Phi) is 8.06. The maximum atomic E-state index is 11.2. The zero-order chi connectivity index (χ0) is 11.7. The fourth-order valence-corrected chi connectivity index (χ4v) is 1.71. The Labute approximate surface area is 93.4 Å². The minimum atomic E-state index is 0.161. The Bertz CT molecular complexity index is 217. The largest absolute Gasteiger partial charge is 0.512 e. The molecule has 0 radical (unpaired) electrons. The zero-order valence-electron chi connectivity index (χ0n) is 10.3. The van der Waals surface area contributed by atoms with Gasteiger partial charge in [0, 0.05) is 18.4 Å². The van der Waals surface area contributed by atoms with Crippen LogP contribution in [0.2, 0.25) is 0 Å². The molecule has 0 unspecified atom stereocenters. The lowest BCUT2D eigenvalue weighted by Crippen LogP contribution is -1.96. The van der Waals surface area contributed by atoms with Crippen LogP contribution in [0.1, 0.15) is 65.7 Å². The molecule has 1 aliphatic carbocycles. The molecule has 2 nitrogen and oxygen atoms in total. The summed E-state index contributed by atoms with van der Waals surface area (Å²) in [4.78, 5) is 11.2. The predicted molar refractivity (Wildman–Crippen MR) is 64.0 cm³/mol. The highest BCUT2D eigenvalue weighted by molar-refractivity contribution is 5.98. The summed E-state index contributed by atoms with van der Waals surface area (Å²) >= 11 is 0. The molecular weight excluding hydrogens is 188 g/mol. The van der Waals surface area contributed by atoms with E-state index in [1.54, 1.807) is 0 Å². The zero-order valence-corrected chi connectivity index (χ0v) is 10.3. The van der Waals surface area contributed by atoms with Crippen molar-refractivity contribution in [1.82, 2.24) is 0 Å². The van der Waals surface area contributed by atoms with Crippen LogP contribution in [-0.4, -0.2) is 10.9 Å². The van der Waals surface area contributed by atoms with Gasteiger partial charge in [-0.1, -0.05) is 40.0 Å². The lowest BCUT2D eigenvalue weighted by molar-refractivity contribution is -0.115. The predicted octanol–water partition coefficient (Wildman–Crippen LogP) is 4.16. The van der Waals surface area contributed by atoms with Crippen molar-refractivity contribution in [3.05, 3.63) is 11.3 Å². The molecule has 0 spiro atoms. The molecule has 0 aromatic heterocycles. The van der Waals surface area contributed by atoms with Crippen molar-refractivity contribution in [2.24, 2.45) is 0 Å². The van der Waals surface area contributed by atoms with Crippen molar-refractivity contribution in [3.8, 4) is 0 Å². The molecule has 0 saturated heterocycles. The number of hydrogen-bond acceptors (Lipinski definition) is 2. The topological polar surface area (TPSA) is 37.3 Å². The van der Waals surface area contributed by atoms with Crippen LogP contribution in [0.15, 0.2) is 11.3 Å². The number of aliphatic hydroxyl groups excluding tert-OH is 1. The van der Waals surface area contributed by atoms with Gasteiger partial charge in [0.1, 0.15) is 0 Å². The fraction of sp³-hybridized carbons (Fsp3) is 0.769. The fourth-order valence-electron chi connectivity index (χ4n) is 1.71. The summed E-state index contributed by atoms with van der Waals surface area (Å²) in [5, 5.41) is 9.37.